The molecule has 4 heteroatoms. The third-order valence-corrected chi connectivity index (χ3v) is 4.73. The topological polar surface area (TPSA) is 49.4 Å². The van der Waals surface area contributed by atoms with Crippen molar-refractivity contribution < 1.29 is 9.59 Å². The number of anilines is 1. The fourth-order valence-corrected chi connectivity index (χ4v) is 3.18. The van der Waals surface area contributed by atoms with Crippen LogP contribution in [-0.2, 0) is 9.59 Å². The summed E-state index contributed by atoms with van der Waals surface area (Å²) < 4.78 is 0. The minimum atomic E-state index is -0.288. The molecule has 0 fully saturated rings. The number of carbonyl (C=O) groups excluding carboxylic acids is 2. The number of hydrogen-bond donors (Lipinski definition) is 1. The van der Waals surface area contributed by atoms with Crippen molar-refractivity contribution in [1.82, 2.24) is 4.90 Å². The average molecular weight is 334 g/mol. The summed E-state index contributed by atoms with van der Waals surface area (Å²) in [7, 11) is 0. The summed E-state index contributed by atoms with van der Waals surface area (Å²) >= 11 is 0. The molecule has 0 saturated carbocycles. The van der Waals surface area contributed by atoms with Gasteiger partial charge in [-0.25, -0.2) is 0 Å². The van der Waals surface area contributed by atoms with E-state index in [1.165, 1.54) is 6.92 Å². The van der Waals surface area contributed by atoms with Crippen molar-refractivity contribution in [2.75, 3.05) is 5.32 Å². The Morgan fingerprint density at radius 2 is 1.84 bits per heavy atom. The molecule has 25 heavy (non-hydrogen) atoms. The van der Waals surface area contributed by atoms with Crippen LogP contribution in [0.3, 0.4) is 0 Å². The zero-order valence-corrected chi connectivity index (χ0v) is 14.7. The molecular formula is C21H22N2O2. The molecule has 0 unspecified atom stereocenters. The summed E-state index contributed by atoms with van der Waals surface area (Å²) in [4.78, 5) is 26.3. The number of hydrogen-bond acceptors (Lipinski definition) is 2. The largest absolute Gasteiger partial charge is 0.326 e. The van der Waals surface area contributed by atoms with Crippen molar-refractivity contribution in [3.05, 3.63) is 70.9 Å². The fraction of sp³-hybridized carbons (Fsp3) is 0.238. The summed E-state index contributed by atoms with van der Waals surface area (Å²) in [6.45, 7) is 5.53. The molecule has 2 aromatic carbocycles. The molecule has 1 aliphatic heterocycles. The molecule has 1 atom stereocenters. The van der Waals surface area contributed by atoms with Crippen LogP contribution in [0.15, 0.2) is 48.7 Å². The van der Waals surface area contributed by atoms with Crippen molar-refractivity contribution in [2.45, 2.75) is 33.2 Å². The molecule has 0 radical (unpaired) electrons. The van der Waals surface area contributed by atoms with Crippen molar-refractivity contribution in [2.24, 2.45) is 0 Å². The molecule has 2 amide bonds. The van der Waals surface area contributed by atoms with Gasteiger partial charge in [0.15, 0.2) is 0 Å². The number of nitrogens with zero attached hydrogens (tertiary/aromatic N) is 1. The van der Waals surface area contributed by atoms with Crippen LogP contribution in [0.2, 0.25) is 0 Å². The molecule has 4 nitrogen and oxygen atoms in total. The number of nitrogens with one attached hydrogen (secondary N) is 1. The molecule has 0 bridgehead atoms. The highest BCUT2D eigenvalue weighted by Gasteiger charge is 2.28. The molecule has 0 aliphatic carbocycles. The number of rotatable bonds is 3. The van der Waals surface area contributed by atoms with Gasteiger partial charge in [-0.2, -0.15) is 0 Å². The quantitative estimate of drug-likeness (QED) is 0.914. The molecule has 0 spiro atoms. The summed E-state index contributed by atoms with van der Waals surface area (Å²) in [5.41, 5.74) is 5.05. The van der Waals surface area contributed by atoms with Gasteiger partial charge in [-0.15, -0.1) is 0 Å². The normalized spacial score (nSPS) is 15.6. The van der Waals surface area contributed by atoms with E-state index in [4.69, 9.17) is 0 Å². The van der Waals surface area contributed by atoms with E-state index in [0.717, 1.165) is 27.9 Å². The van der Waals surface area contributed by atoms with Crippen LogP contribution in [0.25, 0.3) is 6.08 Å². The van der Waals surface area contributed by atoms with Gasteiger partial charge >= 0.3 is 0 Å². The van der Waals surface area contributed by atoms with Gasteiger partial charge in [-0.05, 0) is 48.2 Å². The Kier molecular flexibility index (Phi) is 4.70. The highest BCUT2D eigenvalue weighted by Crippen LogP contribution is 2.33. The molecule has 128 valence electrons. The Morgan fingerprint density at radius 1 is 1.08 bits per heavy atom. The van der Waals surface area contributed by atoms with E-state index in [0.29, 0.717) is 0 Å². The van der Waals surface area contributed by atoms with Gasteiger partial charge in [-0.1, -0.05) is 36.4 Å². The lowest BCUT2D eigenvalue weighted by Crippen LogP contribution is -2.33. The second-order valence-corrected chi connectivity index (χ2v) is 6.39. The van der Waals surface area contributed by atoms with Crippen LogP contribution < -0.4 is 5.32 Å². The van der Waals surface area contributed by atoms with Gasteiger partial charge in [0.25, 0.3) is 0 Å². The summed E-state index contributed by atoms with van der Waals surface area (Å²) in [5, 5.41) is 2.99. The second kappa shape index (κ2) is 6.93. The molecule has 1 aliphatic rings. The van der Waals surface area contributed by atoms with Crippen LogP contribution >= 0.6 is 0 Å². The Balaban J connectivity index is 1.84. The number of aryl methyl sites for hydroxylation is 1. The first-order valence-electron chi connectivity index (χ1n) is 8.39. The van der Waals surface area contributed by atoms with Crippen molar-refractivity contribution in [3.63, 3.8) is 0 Å². The van der Waals surface area contributed by atoms with Gasteiger partial charge in [0.2, 0.25) is 11.8 Å². The number of benzene rings is 2. The Morgan fingerprint density at radius 3 is 2.60 bits per heavy atom. The first kappa shape index (κ1) is 17.0. The third-order valence-electron chi connectivity index (χ3n) is 4.73. The molecule has 3 rings (SSSR count). The summed E-state index contributed by atoms with van der Waals surface area (Å²) in [6, 6.07) is 13.4. The van der Waals surface area contributed by atoms with Crippen molar-refractivity contribution in [1.29, 1.82) is 0 Å². The number of amides is 2. The Labute approximate surface area is 148 Å². The monoisotopic (exact) mass is 334 g/mol. The average Bonchev–Trinajstić information content (AvgIpc) is 2.59. The van der Waals surface area contributed by atoms with Crippen LogP contribution in [0.5, 0.6) is 0 Å². The standard InChI is InChI=1S/C21H22N2O2/c1-14-7-6-10-19(15(14)2)22-21(25)13-20-18-9-5-4-8-17(18)11-12-23(20)16(3)24/h4-12,20H,13H2,1-3H3,(H,22,25)/t20-/m1/s1. The molecule has 1 N–H and O–H groups in total. The molecule has 2 aromatic rings. The first-order valence-corrected chi connectivity index (χ1v) is 8.39. The van der Waals surface area contributed by atoms with E-state index in [-0.39, 0.29) is 24.3 Å². The highest BCUT2D eigenvalue weighted by atomic mass is 16.2. The minimum absolute atomic E-state index is 0.0738. The first-order chi connectivity index (χ1) is 12.0. The number of fused-ring (bicyclic) bond motifs is 1. The van der Waals surface area contributed by atoms with Crippen LogP contribution in [0, 0.1) is 13.8 Å². The molecular weight excluding hydrogens is 312 g/mol. The van der Waals surface area contributed by atoms with Crippen molar-refractivity contribution in [3.8, 4) is 0 Å². The highest BCUT2D eigenvalue weighted by molar-refractivity contribution is 5.93. The smallest absolute Gasteiger partial charge is 0.226 e. The predicted molar refractivity (Wildman–Crippen MR) is 99.9 cm³/mol. The zero-order valence-electron chi connectivity index (χ0n) is 14.7. The molecule has 1 heterocycles. The predicted octanol–water partition coefficient (Wildman–Crippen LogP) is 4.21. The van der Waals surface area contributed by atoms with E-state index in [9.17, 15) is 9.59 Å². The number of carbonyl (C=O) groups is 2. The third kappa shape index (κ3) is 3.48. The lowest BCUT2D eigenvalue weighted by molar-refractivity contribution is -0.129. The van der Waals surface area contributed by atoms with Gasteiger partial charge in [-0.3, -0.25) is 9.59 Å². The maximum Gasteiger partial charge on any atom is 0.226 e. The van der Waals surface area contributed by atoms with E-state index in [1.54, 1.807) is 11.1 Å². The second-order valence-electron chi connectivity index (χ2n) is 6.39. The van der Waals surface area contributed by atoms with Gasteiger partial charge in [0.05, 0.1) is 12.5 Å². The van der Waals surface area contributed by atoms with Gasteiger partial charge < -0.3 is 10.2 Å². The lowest BCUT2D eigenvalue weighted by Gasteiger charge is -2.32. The van der Waals surface area contributed by atoms with E-state index in [1.807, 2.05) is 62.4 Å². The molecule has 0 saturated heterocycles. The minimum Gasteiger partial charge on any atom is -0.326 e. The van der Waals surface area contributed by atoms with Gasteiger partial charge in [0, 0.05) is 18.8 Å². The maximum atomic E-state index is 12.6. The van der Waals surface area contributed by atoms with E-state index in [2.05, 4.69) is 5.32 Å². The van der Waals surface area contributed by atoms with Gasteiger partial charge in [0.1, 0.15) is 0 Å². The Bertz CT molecular complexity index is 855. The van der Waals surface area contributed by atoms with Crippen molar-refractivity contribution >= 4 is 23.6 Å². The molecule has 0 aromatic heterocycles. The van der Waals surface area contributed by atoms with Crippen LogP contribution in [0.1, 0.15) is 41.6 Å². The zero-order chi connectivity index (χ0) is 18.0. The maximum absolute atomic E-state index is 12.6. The summed E-state index contributed by atoms with van der Waals surface area (Å²) in [6.07, 6.45) is 3.89. The Hall–Kier alpha value is -2.88. The van der Waals surface area contributed by atoms with Crippen LogP contribution in [0.4, 0.5) is 5.69 Å². The SMILES string of the molecule is CC(=O)N1C=Cc2ccccc2[C@H]1CC(=O)Nc1cccc(C)c1C. The van der Waals surface area contributed by atoms with Crippen LogP contribution in [-0.4, -0.2) is 16.7 Å². The summed E-state index contributed by atoms with van der Waals surface area (Å²) in [5.74, 6) is -0.176. The van der Waals surface area contributed by atoms with E-state index >= 15 is 0 Å². The lowest BCUT2D eigenvalue weighted by atomic mass is 9.93. The van der Waals surface area contributed by atoms with E-state index < -0.39 is 0 Å². The fourth-order valence-electron chi connectivity index (χ4n) is 3.18.